The van der Waals surface area contributed by atoms with Crippen molar-refractivity contribution in [3.8, 4) is 6.07 Å². The highest BCUT2D eigenvalue weighted by atomic mass is 16.5. The molecule has 2 N–H and O–H groups in total. The molecule has 1 spiro atoms. The molecule has 1 aliphatic carbocycles. The van der Waals surface area contributed by atoms with E-state index in [4.69, 9.17) is 10.5 Å². The second-order valence-corrected chi connectivity index (χ2v) is 8.01. The summed E-state index contributed by atoms with van der Waals surface area (Å²) in [5.41, 5.74) is 5.92. The standard InChI is InChI=1S/C21H21N3O3/c1-4-24-14-8-6-5-7-12(14)21(19(24)26)13(11-22)18(23)27-16-10-20(2,3)9-15(25)17(16)21/h5-8H,4,9-10,23H2,1-3H3/t21-/m0/s1. The Bertz CT molecular complexity index is 996. The zero-order valence-electron chi connectivity index (χ0n) is 15.6. The molecule has 0 saturated carbocycles. The molecule has 3 aliphatic rings. The van der Waals surface area contributed by atoms with Gasteiger partial charge in [-0.05, 0) is 18.4 Å². The molecule has 1 atom stereocenters. The van der Waals surface area contributed by atoms with Gasteiger partial charge in [-0.2, -0.15) is 5.26 Å². The lowest BCUT2D eigenvalue weighted by Gasteiger charge is -2.41. The molecule has 1 aromatic rings. The van der Waals surface area contributed by atoms with Crippen molar-refractivity contribution in [2.24, 2.45) is 11.1 Å². The van der Waals surface area contributed by atoms with E-state index in [1.54, 1.807) is 11.0 Å². The highest BCUT2D eigenvalue weighted by Gasteiger charge is 2.62. The number of allylic oxidation sites excluding steroid dienone is 1. The highest BCUT2D eigenvalue weighted by Crippen LogP contribution is 2.57. The number of amides is 1. The van der Waals surface area contributed by atoms with Gasteiger partial charge in [0.2, 0.25) is 11.8 Å². The summed E-state index contributed by atoms with van der Waals surface area (Å²) in [5.74, 6) is -0.158. The molecule has 1 aromatic carbocycles. The highest BCUT2D eigenvalue weighted by molar-refractivity contribution is 6.20. The van der Waals surface area contributed by atoms with Crippen LogP contribution >= 0.6 is 0 Å². The minimum absolute atomic E-state index is 0.00251. The number of para-hydroxylation sites is 1. The number of carbonyl (C=O) groups is 2. The van der Waals surface area contributed by atoms with Gasteiger partial charge in [0.1, 0.15) is 22.8 Å². The van der Waals surface area contributed by atoms with Crippen LogP contribution in [0.5, 0.6) is 0 Å². The van der Waals surface area contributed by atoms with Crippen LogP contribution in [0.15, 0.2) is 47.1 Å². The Hall–Kier alpha value is -3.07. The normalized spacial score (nSPS) is 26.1. The quantitative estimate of drug-likeness (QED) is 0.827. The molecule has 6 heteroatoms. The lowest BCUT2D eigenvalue weighted by Crippen LogP contribution is -2.50. The molecule has 4 rings (SSSR count). The maximum Gasteiger partial charge on any atom is 0.247 e. The van der Waals surface area contributed by atoms with Crippen molar-refractivity contribution in [2.45, 2.75) is 39.0 Å². The van der Waals surface area contributed by atoms with E-state index in [-0.39, 0.29) is 40.6 Å². The number of fused-ring (bicyclic) bond motifs is 3. The molecule has 0 saturated heterocycles. The molecule has 27 heavy (non-hydrogen) atoms. The van der Waals surface area contributed by atoms with Crippen LogP contribution in [0.3, 0.4) is 0 Å². The number of ether oxygens (including phenoxy) is 1. The predicted molar refractivity (Wildman–Crippen MR) is 99.1 cm³/mol. The molecule has 0 aromatic heterocycles. The van der Waals surface area contributed by atoms with Crippen molar-refractivity contribution in [1.29, 1.82) is 5.26 Å². The maximum atomic E-state index is 13.7. The molecule has 2 aliphatic heterocycles. The first-order chi connectivity index (χ1) is 12.8. The summed E-state index contributed by atoms with van der Waals surface area (Å²) in [4.78, 5) is 28.5. The van der Waals surface area contributed by atoms with Crippen molar-refractivity contribution in [3.05, 3.63) is 52.6 Å². The Kier molecular flexibility index (Phi) is 3.51. The average Bonchev–Trinajstić information content (AvgIpc) is 2.83. The largest absolute Gasteiger partial charge is 0.444 e. The monoisotopic (exact) mass is 363 g/mol. The van der Waals surface area contributed by atoms with E-state index in [2.05, 4.69) is 6.07 Å². The van der Waals surface area contributed by atoms with E-state index in [0.29, 0.717) is 30.0 Å². The summed E-state index contributed by atoms with van der Waals surface area (Å²) >= 11 is 0. The third kappa shape index (κ3) is 2.05. The number of nitrogens with two attached hydrogens (primary N) is 1. The topological polar surface area (TPSA) is 96.4 Å². The molecule has 138 valence electrons. The number of carbonyl (C=O) groups excluding carboxylic acids is 2. The van der Waals surface area contributed by atoms with Gasteiger partial charge >= 0.3 is 0 Å². The van der Waals surface area contributed by atoms with Crippen LogP contribution in [-0.2, 0) is 19.7 Å². The van der Waals surface area contributed by atoms with E-state index in [1.165, 1.54) is 0 Å². The van der Waals surface area contributed by atoms with Crippen LogP contribution in [0, 0.1) is 16.7 Å². The summed E-state index contributed by atoms with van der Waals surface area (Å²) in [6.45, 7) is 6.26. The Morgan fingerprint density at radius 2 is 1.96 bits per heavy atom. The number of anilines is 1. The molecule has 0 unspecified atom stereocenters. The van der Waals surface area contributed by atoms with Gasteiger partial charge in [-0.3, -0.25) is 9.59 Å². The van der Waals surface area contributed by atoms with Gasteiger partial charge in [0.15, 0.2) is 5.78 Å². The molecule has 6 nitrogen and oxygen atoms in total. The van der Waals surface area contributed by atoms with E-state index >= 15 is 0 Å². The summed E-state index contributed by atoms with van der Waals surface area (Å²) in [6, 6.07) is 9.36. The van der Waals surface area contributed by atoms with Gasteiger partial charge in [-0.1, -0.05) is 32.0 Å². The van der Waals surface area contributed by atoms with Gasteiger partial charge in [0.05, 0.1) is 5.57 Å². The predicted octanol–water partition coefficient (Wildman–Crippen LogP) is 2.66. The number of nitriles is 1. The average molecular weight is 363 g/mol. The van der Waals surface area contributed by atoms with E-state index < -0.39 is 5.41 Å². The minimum atomic E-state index is -1.51. The molecule has 2 heterocycles. The van der Waals surface area contributed by atoms with Gasteiger partial charge < -0.3 is 15.4 Å². The van der Waals surface area contributed by atoms with Gasteiger partial charge in [0, 0.05) is 30.6 Å². The summed E-state index contributed by atoms with van der Waals surface area (Å²) in [5, 5.41) is 9.90. The van der Waals surface area contributed by atoms with Crippen LogP contribution in [0.2, 0.25) is 0 Å². The van der Waals surface area contributed by atoms with Crippen molar-refractivity contribution >= 4 is 17.4 Å². The number of hydrogen-bond donors (Lipinski definition) is 1. The van der Waals surface area contributed by atoms with Gasteiger partial charge in [-0.15, -0.1) is 0 Å². The molecule has 1 amide bonds. The van der Waals surface area contributed by atoms with E-state index in [0.717, 1.165) is 0 Å². The fourth-order valence-electron chi connectivity index (χ4n) is 4.65. The summed E-state index contributed by atoms with van der Waals surface area (Å²) in [7, 11) is 0. The molecular formula is C21H21N3O3. The number of likely N-dealkylation sites (N-methyl/N-ethyl adjacent to an activating group) is 1. The Morgan fingerprint density at radius 3 is 2.63 bits per heavy atom. The molecule has 0 bridgehead atoms. The summed E-state index contributed by atoms with van der Waals surface area (Å²) in [6.07, 6.45) is 0.772. The Labute approximate surface area is 157 Å². The zero-order chi connectivity index (χ0) is 19.6. The van der Waals surface area contributed by atoms with Crippen molar-refractivity contribution in [1.82, 2.24) is 0 Å². The number of ketones is 1. The van der Waals surface area contributed by atoms with E-state index in [1.807, 2.05) is 39.0 Å². The van der Waals surface area contributed by atoms with Crippen LogP contribution in [0.1, 0.15) is 39.2 Å². The third-order valence-electron chi connectivity index (χ3n) is 5.66. The summed E-state index contributed by atoms with van der Waals surface area (Å²) < 4.78 is 5.74. The molecule has 0 fully saturated rings. The molecule has 0 radical (unpaired) electrons. The lowest BCUT2D eigenvalue weighted by molar-refractivity contribution is -0.125. The second-order valence-electron chi connectivity index (χ2n) is 8.01. The Balaban J connectivity index is 2.11. The van der Waals surface area contributed by atoms with Crippen LogP contribution in [0.25, 0.3) is 0 Å². The number of nitrogens with zero attached hydrogens (tertiary/aromatic N) is 2. The fraction of sp³-hybridized carbons (Fsp3) is 0.381. The van der Waals surface area contributed by atoms with Gasteiger partial charge in [0.25, 0.3) is 0 Å². The fourth-order valence-corrected chi connectivity index (χ4v) is 4.65. The van der Waals surface area contributed by atoms with Crippen molar-refractivity contribution in [3.63, 3.8) is 0 Å². The van der Waals surface area contributed by atoms with Crippen LogP contribution < -0.4 is 10.6 Å². The smallest absolute Gasteiger partial charge is 0.247 e. The first-order valence-electron chi connectivity index (χ1n) is 9.04. The first kappa shape index (κ1) is 17.3. The van der Waals surface area contributed by atoms with Crippen molar-refractivity contribution < 1.29 is 14.3 Å². The third-order valence-corrected chi connectivity index (χ3v) is 5.66. The zero-order valence-corrected chi connectivity index (χ0v) is 15.6. The Morgan fingerprint density at radius 1 is 1.26 bits per heavy atom. The number of Topliss-reactive ketones (excluding diaryl/α,β-unsaturated/α-hetero) is 1. The lowest BCUT2D eigenvalue weighted by atomic mass is 9.62. The minimum Gasteiger partial charge on any atom is -0.444 e. The number of hydrogen-bond acceptors (Lipinski definition) is 5. The van der Waals surface area contributed by atoms with Crippen molar-refractivity contribution in [2.75, 3.05) is 11.4 Å². The van der Waals surface area contributed by atoms with Crippen LogP contribution in [-0.4, -0.2) is 18.2 Å². The first-order valence-corrected chi connectivity index (χ1v) is 9.04. The van der Waals surface area contributed by atoms with E-state index in [9.17, 15) is 14.9 Å². The molecular weight excluding hydrogens is 342 g/mol. The van der Waals surface area contributed by atoms with Crippen LogP contribution in [0.4, 0.5) is 5.69 Å². The number of benzene rings is 1. The second kappa shape index (κ2) is 5.46. The number of rotatable bonds is 1. The SMILES string of the molecule is CCN1C(=O)[C@]2(C(C#N)=C(N)OC3=C2C(=O)CC(C)(C)C3)c2ccccc21. The van der Waals surface area contributed by atoms with Gasteiger partial charge in [-0.25, -0.2) is 0 Å². The maximum absolute atomic E-state index is 13.7.